The third kappa shape index (κ3) is 1.34. The molecule has 62 valence electrons. The summed E-state index contributed by atoms with van der Waals surface area (Å²) in [4.78, 5) is 17.7. The standard InChI is InChI=1S/C9H10N2O/c1-4-7-8(5-2)11-9(12)6(3)10-7/h4-5H,1-2H2,3H3,(H,11,12). The fourth-order valence-corrected chi connectivity index (χ4v) is 0.880. The number of aromatic amines is 1. The molecular formula is C9H10N2O. The SMILES string of the molecule is C=Cc1nc(C)c(=O)[nH]c1C=C. The number of aromatic nitrogens is 2. The highest BCUT2D eigenvalue weighted by Crippen LogP contribution is 2.03. The molecule has 0 fully saturated rings. The van der Waals surface area contributed by atoms with Gasteiger partial charge in [0.1, 0.15) is 5.69 Å². The molecule has 3 heteroatoms. The maximum atomic E-state index is 11.1. The second-order valence-electron chi connectivity index (χ2n) is 2.36. The average molecular weight is 162 g/mol. The molecule has 0 aliphatic rings. The predicted octanol–water partition coefficient (Wildman–Crippen LogP) is 1.36. The van der Waals surface area contributed by atoms with Crippen LogP contribution in [0.2, 0.25) is 0 Å². The van der Waals surface area contributed by atoms with Crippen LogP contribution in [0.25, 0.3) is 12.2 Å². The summed E-state index contributed by atoms with van der Waals surface area (Å²) in [6.07, 6.45) is 3.13. The minimum atomic E-state index is -0.185. The van der Waals surface area contributed by atoms with Gasteiger partial charge < -0.3 is 4.98 Å². The molecule has 0 atom stereocenters. The van der Waals surface area contributed by atoms with Crippen molar-refractivity contribution in [2.45, 2.75) is 6.92 Å². The summed E-state index contributed by atoms with van der Waals surface area (Å²) in [6, 6.07) is 0. The van der Waals surface area contributed by atoms with Crippen molar-refractivity contribution in [3.63, 3.8) is 0 Å². The second-order valence-corrected chi connectivity index (χ2v) is 2.36. The molecule has 0 saturated carbocycles. The predicted molar refractivity (Wildman–Crippen MR) is 49.8 cm³/mol. The van der Waals surface area contributed by atoms with Crippen LogP contribution in [0.3, 0.4) is 0 Å². The molecule has 0 aliphatic carbocycles. The molecule has 0 unspecified atom stereocenters. The van der Waals surface area contributed by atoms with Crippen LogP contribution in [-0.4, -0.2) is 9.97 Å². The fraction of sp³-hybridized carbons (Fsp3) is 0.111. The minimum Gasteiger partial charge on any atom is -0.319 e. The number of hydrogen-bond donors (Lipinski definition) is 1. The maximum absolute atomic E-state index is 11.1. The van der Waals surface area contributed by atoms with Crippen LogP contribution < -0.4 is 5.56 Å². The molecule has 0 saturated heterocycles. The van der Waals surface area contributed by atoms with Gasteiger partial charge >= 0.3 is 0 Å². The number of nitrogens with zero attached hydrogens (tertiary/aromatic N) is 1. The van der Waals surface area contributed by atoms with E-state index in [9.17, 15) is 4.79 Å². The van der Waals surface area contributed by atoms with Gasteiger partial charge in [-0.15, -0.1) is 0 Å². The molecular weight excluding hydrogens is 152 g/mol. The zero-order valence-electron chi connectivity index (χ0n) is 6.92. The van der Waals surface area contributed by atoms with E-state index in [2.05, 4.69) is 23.1 Å². The smallest absolute Gasteiger partial charge is 0.269 e. The van der Waals surface area contributed by atoms with E-state index in [1.807, 2.05) is 0 Å². The van der Waals surface area contributed by atoms with E-state index in [0.717, 1.165) is 0 Å². The van der Waals surface area contributed by atoms with Gasteiger partial charge in [-0.1, -0.05) is 13.2 Å². The van der Waals surface area contributed by atoms with Crippen molar-refractivity contribution in [2.24, 2.45) is 0 Å². The quantitative estimate of drug-likeness (QED) is 0.713. The highest BCUT2D eigenvalue weighted by Gasteiger charge is 2.00. The number of rotatable bonds is 2. The molecule has 1 heterocycles. The normalized spacial score (nSPS) is 9.42. The molecule has 0 radical (unpaired) electrons. The molecule has 1 rings (SSSR count). The molecule has 1 aromatic rings. The molecule has 0 spiro atoms. The van der Waals surface area contributed by atoms with E-state index in [4.69, 9.17) is 0 Å². The Morgan fingerprint density at radius 3 is 2.58 bits per heavy atom. The summed E-state index contributed by atoms with van der Waals surface area (Å²) in [6.45, 7) is 8.78. The summed E-state index contributed by atoms with van der Waals surface area (Å²) in [5, 5.41) is 0. The van der Waals surface area contributed by atoms with Crippen LogP contribution in [0, 0.1) is 6.92 Å². The number of H-pyrrole nitrogens is 1. The first-order valence-corrected chi connectivity index (χ1v) is 3.55. The van der Waals surface area contributed by atoms with Crippen LogP contribution in [0.15, 0.2) is 18.0 Å². The van der Waals surface area contributed by atoms with Gasteiger partial charge in [-0.05, 0) is 19.1 Å². The van der Waals surface area contributed by atoms with Gasteiger partial charge in [-0.25, -0.2) is 4.98 Å². The summed E-state index contributed by atoms with van der Waals surface area (Å²) in [5.41, 5.74) is 1.52. The van der Waals surface area contributed by atoms with E-state index in [-0.39, 0.29) is 5.56 Å². The van der Waals surface area contributed by atoms with Crippen molar-refractivity contribution >= 4 is 12.2 Å². The molecule has 0 aliphatic heterocycles. The topological polar surface area (TPSA) is 45.8 Å². The lowest BCUT2D eigenvalue weighted by molar-refractivity contribution is 1.04. The number of aryl methyl sites for hydroxylation is 1. The van der Waals surface area contributed by atoms with Gasteiger partial charge in [0.2, 0.25) is 0 Å². The van der Waals surface area contributed by atoms with E-state index in [1.54, 1.807) is 19.1 Å². The summed E-state index contributed by atoms with van der Waals surface area (Å²) in [7, 11) is 0. The number of hydrogen-bond acceptors (Lipinski definition) is 2. The Bertz CT molecular complexity index is 377. The Morgan fingerprint density at radius 1 is 1.42 bits per heavy atom. The third-order valence-electron chi connectivity index (χ3n) is 1.54. The highest BCUT2D eigenvalue weighted by molar-refractivity contribution is 5.56. The lowest BCUT2D eigenvalue weighted by Gasteiger charge is -1.99. The van der Waals surface area contributed by atoms with E-state index in [1.165, 1.54) is 0 Å². The van der Waals surface area contributed by atoms with Gasteiger partial charge in [-0.3, -0.25) is 4.79 Å². The van der Waals surface area contributed by atoms with Crippen LogP contribution in [0.1, 0.15) is 17.1 Å². The molecule has 0 aromatic carbocycles. The van der Waals surface area contributed by atoms with E-state index in [0.29, 0.717) is 17.1 Å². The van der Waals surface area contributed by atoms with Crippen molar-refractivity contribution in [3.8, 4) is 0 Å². The Labute approximate surface area is 70.5 Å². The Hall–Kier alpha value is -1.64. The monoisotopic (exact) mass is 162 g/mol. The molecule has 12 heavy (non-hydrogen) atoms. The lowest BCUT2D eigenvalue weighted by atomic mass is 10.3. The largest absolute Gasteiger partial charge is 0.319 e. The third-order valence-corrected chi connectivity index (χ3v) is 1.54. The minimum absolute atomic E-state index is 0.185. The first-order chi connectivity index (χ1) is 5.69. The van der Waals surface area contributed by atoms with Crippen molar-refractivity contribution in [2.75, 3.05) is 0 Å². The Morgan fingerprint density at radius 2 is 2.08 bits per heavy atom. The van der Waals surface area contributed by atoms with E-state index < -0.39 is 0 Å². The van der Waals surface area contributed by atoms with Crippen molar-refractivity contribution in [3.05, 3.63) is 40.6 Å². The van der Waals surface area contributed by atoms with Gasteiger partial charge in [0.25, 0.3) is 5.56 Å². The first-order valence-electron chi connectivity index (χ1n) is 3.55. The maximum Gasteiger partial charge on any atom is 0.269 e. The summed E-state index contributed by atoms with van der Waals surface area (Å²) >= 11 is 0. The van der Waals surface area contributed by atoms with E-state index >= 15 is 0 Å². The second kappa shape index (κ2) is 3.17. The fourth-order valence-electron chi connectivity index (χ4n) is 0.880. The molecule has 0 bridgehead atoms. The van der Waals surface area contributed by atoms with Crippen LogP contribution in [0.5, 0.6) is 0 Å². The zero-order chi connectivity index (χ0) is 9.14. The van der Waals surface area contributed by atoms with Crippen LogP contribution in [0.4, 0.5) is 0 Å². The van der Waals surface area contributed by atoms with Crippen molar-refractivity contribution in [1.82, 2.24) is 9.97 Å². The van der Waals surface area contributed by atoms with Gasteiger partial charge in [0.05, 0.1) is 11.4 Å². The van der Waals surface area contributed by atoms with Crippen LogP contribution in [-0.2, 0) is 0 Å². The van der Waals surface area contributed by atoms with Crippen LogP contribution >= 0.6 is 0 Å². The average Bonchev–Trinajstić information content (AvgIpc) is 2.09. The van der Waals surface area contributed by atoms with Crippen molar-refractivity contribution in [1.29, 1.82) is 0 Å². The Balaban J connectivity index is 3.48. The molecule has 1 aromatic heterocycles. The molecule has 1 N–H and O–H groups in total. The lowest BCUT2D eigenvalue weighted by Crippen LogP contribution is -2.14. The van der Waals surface area contributed by atoms with Gasteiger partial charge in [0.15, 0.2) is 0 Å². The first kappa shape index (κ1) is 8.46. The highest BCUT2D eigenvalue weighted by atomic mass is 16.1. The van der Waals surface area contributed by atoms with Gasteiger partial charge in [-0.2, -0.15) is 0 Å². The van der Waals surface area contributed by atoms with Gasteiger partial charge in [0, 0.05) is 0 Å². The molecule has 3 nitrogen and oxygen atoms in total. The molecule has 0 amide bonds. The van der Waals surface area contributed by atoms with Crippen molar-refractivity contribution < 1.29 is 0 Å². The zero-order valence-corrected chi connectivity index (χ0v) is 6.92. The summed E-state index contributed by atoms with van der Waals surface area (Å²) in [5.74, 6) is 0. The number of nitrogens with one attached hydrogen (secondary N) is 1. The summed E-state index contributed by atoms with van der Waals surface area (Å²) < 4.78 is 0. The Kier molecular flexibility index (Phi) is 2.24.